The van der Waals surface area contributed by atoms with Crippen LogP contribution in [0.5, 0.6) is 0 Å². The Balaban J connectivity index is 1.63. The second-order valence-electron chi connectivity index (χ2n) is 7.97. The number of carbonyl (C=O) groups excluding carboxylic acids is 3. The molecular weight excluding hydrogens is 372 g/mol. The van der Waals surface area contributed by atoms with Crippen LogP contribution in [-0.2, 0) is 16.1 Å². The Bertz CT molecular complexity index is 877. The van der Waals surface area contributed by atoms with Gasteiger partial charge in [0.25, 0.3) is 5.91 Å². The number of benzene rings is 1. The third-order valence-corrected chi connectivity index (χ3v) is 5.95. The molecule has 1 aromatic carbocycles. The number of nitrogens with two attached hydrogens (primary N) is 1. The number of imide groups is 1. The third-order valence-electron chi connectivity index (χ3n) is 5.95. The van der Waals surface area contributed by atoms with Crippen LogP contribution >= 0.6 is 0 Å². The van der Waals surface area contributed by atoms with Crippen LogP contribution in [0.2, 0.25) is 0 Å². The lowest BCUT2D eigenvalue weighted by Gasteiger charge is -2.39. The van der Waals surface area contributed by atoms with Crippen molar-refractivity contribution in [3.63, 3.8) is 0 Å². The van der Waals surface area contributed by atoms with E-state index in [1.54, 1.807) is 7.05 Å². The number of primary amides is 1. The fourth-order valence-corrected chi connectivity index (χ4v) is 4.31. The van der Waals surface area contributed by atoms with Crippen LogP contribution in [0, 0.1) is 12.8 Å². The lowest BCUT2D eigenvalue weighted by molar-refractivity contribution is -0.127. The van der Waals surface area contributed by atoms with Crippen LogP contribution in [0.15, 0.2) is 29.3 Å². The van der Waals surface area contributed by atoms with Gasteiger partial charge in [0.2, 0.25) is 5.91 Å². The number of nitrogens with one attached hydrogen (secondary N) is 1. The molecule has 0 aromatic heterocycles. The highest BCUT2D eigenvalue weighted by atomic mass is 16.2. The van der Waals surface area contributed by atoms with Gasteiger partial charge in [0, 0.05) is 32.6 Å². The van der Waals surface area contributed by atoms with Gasteiger partial charge in [-0.3, -0.25) is 14.9 Å². The van der Waals surface area contributed by atoms with E-state index in [0.29, 0.717) is 38.4 Å². The van der Waals surface area contributed by atoms with Crippen molar-refractivity contribution >= 4 is 23.8 Å². The van der Waals surface area contributed by atoms with Gasteiger partial charge in [-0.15, -0.1) is 0 Å². The summed E-state index contributed by atoms with van der Waals surface area (Å²) in [6.07, 6.45) is 0.746. The number of likely N-dealkylation sites (N-methyl/N-ethyl adjacent to an activating group) is 1. The summed E-state index contributed by atoms with van der Waals surface area (Å²) in [5, 5.41) is 2.43. The third kappa shape index (κ3) is 3.52. The molecule has 3 heterocycles. The second kappa shape index (κ2) is 7.38. The highest BCUT2D eigenvalue weighted by molar-refractivity contribution is 6.03. The molecule has 9 nitrogen and oxygen atoms in total. The highest BCUT2D eigenvalue weighted by Gasteiger charge is 2.49. The smallest absolute Gasteiger partial charge is 0.325 e. The van der Waals surface area contributed by atoms with Crippen LogP contribution in [0.3, 0.4) is 0 Å². The Morgan fingerprint density at radius 2 is 2.00 bits per heavy atom. The average Bonchev–Trinajstić information content (AvgIpc) is 3.06. The Kier molecular flexibility index (Phi) is 4.89. The van der Waals surface area contributed by atoms with Crippen molar-refractivity contribution in [3.8, 4) is 0 Å². The number of likely N-dealkylation sites (tertiary alicyclic amines) is 1. The molecule has 0 aliphatic carbocycles. The van der Waals surface area contributed by atoms with Gasteiger partial charge in [-0.1, -0.05) is 29.8 Å². The number of aryl methyl sites for hydroxylation is 1. The Morgan fingerprint density at radius 1 is 1.28 bits per heavy atom. The maximum atomic E-state index is 12.7. The summed E-state index contributed by atoms with van der Waals surface area (Å²) in [6, 6.07) is 7.10. The summed E-state index contributed by atoms with van der Waals surface area (Å²) in [5.41, 5.74) is 7.67. The van der Waals surface area contributed by atoms with Crippen LogP contribution < -0.4 is 11.1 Å². The number of rotatable bonds is 3. The molecule has 0 bridgehead atoms. The molecule has 9 heteroatoms. The lowest BCUT2D eigenvalue weighted by atomic mass is 9.96. The zero-order chi connectivity index (χ0) is 20.7. The molecule has 4 amide bonds. The predicted molar refractivity (Wildman–Crippen MR) is 107 cm³/mol. The topological polar surface area (TPSA) is 111 Å². The number of hydrogen-bond donors (Lipinski definition) is 2. The van der Waals surface area contributed by atoms with Crippen LogP contribution in [0.4, 0.5) is 4.79 Å². The predicted octanol–water partition coefficient (Wildman–Crippen LogP) is 0.240. The van der Waals surface area contributed by atoms with Gasteiger partial charge in [0.1, 0.15) is 0 Å². The molecule has 0 radical (unpaired) electrons. The summed E-state index contributed by atoms with van der Waals surface area (Å²) >= 11 is 0. The summed E-state index contributed by atoms with van der Waals surface area (Å²) in [6.45, 7) is 3.80. The van der Waals surface area contributed by atoms with E-state index in [4.69, 9.17) is 10.7 Å². The molecule has 2 saturated heterocycles. The van der Waals surface area contributed by atoms with E-state index >= 15 is 0 Å². The molecule has 3 N–H and O–H groups in total. The summed E-state index contributed by atoms with van der Waals surface area (Å²) in [4.78, 5) is 46.7. The number of amides is 4. The molecule has 1 aromatic rings. The van der Waals surface area contributed by atoms with Crippen molar-refractivity contribution in [1.82, 2.24) is 20.0 Å². The molecular formula is C20H26N6O3. The average molecular weight is 398 g/mol. The fourth-order valence-electron chi connectivity index (χ4n) is 4.31. The minimum atomic E-state index is -0.581. The molecule has 0 spiro atoms. The minimum absolute atomic E-state index is 0.131. The van der Waals surface area contributed by atoms with E-state index in [9.17, 15) is 14.4 Å². The number of hydrogen-bond acceptors (Lipinski definition) is 6. The fraction of sp³-hybridized carbons (Fsp3) is 0.500. The van der Waals surface area contributed by atoms with Crippen molar-refractivity contribution in [2.24, 2.45) is 16.6 Å². The van der Waals surface area contributed by atoms with E-state index in [1.807, 2.05) is 30.0 Å². The molecule has 154 valence electrons. The molecule has 3 aliphatic rings. The SMILES string of the molecule is Cc1cccc(CN2C(N3CCC(C(N)=O)CC3)=NC3C2C(=O)NC(=O)N3C)c1. The van der Waals surface area contributed by atoms with Gasteiger partial charge >= 0.3 is 6.03 Å². The van der Waals surface area contributed by atoms with Gasteiger partial charge in [-0.25, -0.2) is 9.79 Å². The molecule has 2 atom stereocenters. The number of nitrogens with zero attached hydrogens (tertiary/aromatic N) is 4. The number of piperidine rings is 1. The molecule has 29 heavy (non-hydrogen) atoms. The van der Waals surface area contributed by atoms with Crippen molar-refractivity contribution in [2.45, 2.75) is 38.5 Å². The molecule has 0 saturated carbocycles. The zero-order valence-electron chi connectivity index (χ0n) is 16.7. The van der Waals surface area contributed by atoms with Gasteiger partial charge < -0.3 is 20.4 Å². The van der Waals surface area contributed by atoms with Gasteiger partial charge in [-0.2, -0.15) is 0 Å². The van der Waals surface area contributed by atoms with Crippen molar-refractivity contribution in [3.05, 3.63) is 35.4 Å². The zero-order valence-corrected chi connectivity index (χ0v) is 16.7. The Morgan fingerprint density at radius 3 is 2.66 bits per heavy atom. The Labute approximate surface area is 169 Å². The maximum Gasteiger partial charge on any atom is 0.325 e. The van der Waals surface area contributed by atoms with Crippen LogP contribution in [0.1, 0.15) is 24.0 Å². The van der Waals surface area contributed by atoms with E-state index in [-0.39, 0.29) is 17.7 Å². The second-order valence-corrected chi connectivity index (χ2v) is 7.97. The first kappa shape index (κ1) is 19.2. The molecule has 2 fully saturated rings. The number of carbonyl (C=O) groups is 3. The summed E-state index contributed by atoms with van der Waals surface area (Å²) in [7, 11) is 1.65. The summed E-state index contributed by atoms with van der Waals surface area (Å²) in [5.74, 6) is -0.0426. The first-order valence-corrected chi connectivity index (χ1v) is 9.87. The van der Waals surface area contributed by atoms with Crippen molar-refractivity contribution in [1.29, 1.82) is 0 Å². The summed E-state index contributed by atoms with van der Waals surface area (Å²) < 4.78 is 0. The number of fused-ring (bicyclic) bond motifs is 1. The number of guanidine groups is 1. The largest absolute Gasteiger partial charge is 0.369 e. The first-order valence-electron chi connectivity index (χ1n) is 9.87. The van der Waals surface area contributed by atoms with E-state index in [1.165, 1.54) is 4.90 Å². The number of aliphatic imine (C=N–C) groups is 1. The highest BCUT2D eigenvalue weighted by Crippen LogP contribution is 2.29. The van der Waals surface area contributed by atoms with E-state index in [0.717, 1.165) is 11.1 Å². The molecule has 2 unspecified atom stereocenters. The van der Waals surface area contributed by atoms with Gasteiger partial charge in [0.15, 0.2) is 18.2 Å². The first-order chi connectivity index (χ1) is 13.8. The van der Waals surface area contributed by atoms with E-state index in [2.05, 4.69) is 16.3 Å². The monoisotopic (exact) mass is 398 g/mol. The molecule has 4 rings (SSSR count). The maximum absolute atomic E-state index is 12.7. The van der Waals surface area contributed by atoms with E-state index < -0.39 is 18.2 Å². The standard InChI is InChI=1S/C20H26N6O3/c1-12-4-3-5-13(10-12)11-26-15-17(24(2)20(29)23-18(15)28)22-19(26)25-8-6-14(7-9-25)16(21)27/h3-5,10,14-15,17H,6-9,11H2,1-2H3,(H2,21,27)(H,23,28,29). The normalized spacial score (nSPS) is 25.0. The van der Waals surface area contributed by atoms with Crippen LogP contribution in [-0.4, -0.2) is 70.8 Å². The van der Waals surface area contributed by atoms with Gasteiger partial charge in [0.05, 0.1) is 0 Å². The van der Waals surface area contributed by atoms with Gasteiger partial charge in [-0.05, 0) is 25.3 Å². The quantitative estimate of drug-likeness (QED) is 0.758. The Hall–Kier alpha value is -3.10. The van der Waals surface area contributed by atoms with Crippen LogP contribution in [0.25, 0.3) is 0 Å². The minimum Gasteiger partial charge on any atom is -0.369 e. The van der Waals surface area contributed by atoms with Crippen molar-refractivity contribution < 1.29 is 14.4 Å². The molecule has 3 aliphatic heterocycles. The lowest BCUT2D eigenvalue weighted by Crippen LogP contribution is -2.64. The van der Waals surface area contributed by atoms with Crippen molar-refractivity contribution in [2.75, 3.05) is 20.1 Å². The number of urea groups is 1.